The molecule has 1 aliphatic heterocycles. The Kier molecular flexibility index (Phi) is 5.81. The van der Waals surface area contributed by atoms with Crippen molar-refractivity contribution in [2.75, 3.05) is 6.54 Å². The van der Waals surface area contributed by atoms with Crippen LogP contribution in [0.15, 0.2) is 30.6 Å². The molecule has 1 unspecified atom stereocenters. The maximum absolute atomic E-state index is 11.1. The molecule has 3 heterocycles. The molecule has 0 aliphatic carbocycles. The number of aryl methyl sites for hydroxylation is 1. The SMILES string of the molecule is CCCn1cc(CN2CCCC2c2cccc(CNC(C)=O)n2)cn1. The van der Waals surface area contributed by atoms with Crippen molar-refractivity contribution >= 4 is 5.91 Å². The minimum atomic E-state index is -0.0289. The Bertz CT molecular complexity index is 711. The highest BCUT2D eigenvalue weighted by Gasteiger charge is 2.27. The smallest absolute Gasteiger partial charge is 0.217 e. The van der Waals surface area contributed by atoms with E-state index in [1.165, 1.54) is 18.9 Å². The van der Waals surface area contributed by atoms with Gasteiger partial charge in [-0.25, -0.2) is 0 Å². The summed E-state index contributed by atoms with van der Waals surface area (Å²) in [6, 6.07) is 6.44. The van der Waals surface area contributed by atoms with Gasteiger partial charge in [-0.15, -0.1) is 0 Å². The molecule has 0 bridgehead atoms. The van der Waals surface area contributed by atoms with Crippen LogP contribution in [0.4, 0.5) is 0 Å². The van der Waals surface area contributed by atoms with Gasteiger partial charge in [0.15, 0.2) is 0 Å². The maximum Gasteiger partial charge on any atom is 0.217 e. The van der Waals surface area contributed by atoms with Gasteiger partial charge in [0.05, 0.1) is 30.2 Å². The van der Waals surface area contributed by atoms with E-state index < -0.39 is 0 Å². The second kappa shape index (κ2) is 8.25. The first-order chi connectivity index (χ1) is 12.2. The van der Waals surface area contributed by atoms with E-state index >= 15 is 0 Å². The number of amides is 1. The lowest BCUT2D eigenvalue weighted by Gasteiger charge is -2.23. The maximum atomic E-state index is 11.1. The van der Waals surface area contributed by atoms with Gasteiger partial charge in [-0.2, -0.15) is 5.10 Å². The monoisotopic (exact) mass is 341 g/mol. The molecule has 1 N–H and O–H groups in total. The van der Waals surface area contributed by atoms with Gasteiger partial charge >= 0.3 is 0 Å². The summed E-state index contributed by atoms with van der Waals surface area (Å²) in [6.45, 7) is 7.14. The Morgan fingerprint density at radius 2 is 2.28 bits per heavy atom. The Hall–Kier alpha value is -2.21. The van der Waals surface area contributed by atoms with Crippen molar-refractivity contribution in [1.82, 2.24) is 25.0 Å². The van der Waals surface area contributed by atoms with E-state index in [0.29, 0.717) is 12.6 Å². The molecular formula is C19H27N5O. The van der Waals surface area contributed by atoms with E-state index in [9.17, 15) is 4.79 Å². The Labute approximate surface area is 149 Å². The molecule has 0 radical (unpaired) electrons. The number of nitrogens with zero attached hydrogens (tertiary/aromatic N) is 4. The summed E-state index contributed by atoms with van der Waals surface area (Å²) in [4.78, 5) is 18.4. The van der Waals surface area contributed by atoms with Crippen molar-refractivity contribution in [2.45, 2.75) is 58.8 Å². The molecule has 6 heteroatoms. The standard InChI is InChI=1S/C19H27N5O/c1-3-9-24-14-16(11-21-24)13-23-10-5-8-19(23)18-7-4-6-17(22-18)12-20-15(2)25/h4,6-7,11,14,19H,3,5,8-10,12-13H2,1-2H3,(H,20,25). The summed E-state index contributed by atoms with van der Waals surface area (Å²) >= 11 is 0. The number of likely N-dealkylation sites (tertiary alicyclic amines) is 1. The second-order valence-electron chi connectivity index (χ2n) is 6.70. The van der Waals surface area contributed by atoms with Crippen LogP contribution in [-0.4, -0.2) is 32.1 Å². The first-order valence-corrected chi connectivity index (χ1v) is 9.11. The van der Waals surface area contributed by atoms with E-state index in [4.69, 9.17) is 4.98 Å². The number of rotatable bonds is 7. The number of hydrogen-bond acceptors (Lipinski definition) is 4. The average molecular weight is 341 g/mol. The minimum absolute atomic E-state index is 0.0289. The highest BCUT2D eigenvalue weighted by Crippen LogP contribution is 2.32. The van der Waals surface area contributed by atoms with E-state index in [1.54, 1.807) is 0 Å². The topological polar surface area (TPSA) is 63.0 Å². The van der Waals surface area contributed by atoms with Crippen LogP contribution in [0, 0.1) is 0 Å². The van der Waals surface area contributed by atoms with Crippen molar-refractivity contribution in [3.8, 4) is 0 Å². The number of pyridine rings is 1. The molecule has 25 heavy (non-hydrogen) atoms. The highest BCUT2D eigenvalue weighted by molar-refractivity contribution is 5.72. The zero-order valence-electron chi connectivity index (χ0n) is 15.1. The van der Waals surface area contributed by atoms with Gasteiger partial charge in [0.25, 0.3) is 0 Å². The summed E-state index contributed by atoms with van der Waals surface area (Å²) < 4.78 is 2.02. The van der Waals surface area contributed by atoms with E-state index in [1.807, 2.05) is 23.0 Å². The van der Waals surface area contributed by atoms with Gasteiger partial charge in [0, 0.05) is 31.8 Å². The van der Waals surface area contributed by atoms with Gasteiger partial charge in [-0.05, 0) is 37.9 Å². The Morgan fingerprint density at radius 1 is 1.40 bits per heavy atom. The fourth-order valence-electron chi connectivity index (χ4n) is 3.42. The van der Waals surface area contributed by atoms with Crippen molar-refractivity contribution in [1.29, 1.82) is 0 Å². The van der Waals surface area contributed by atoms with E-state index in [-0.39, 0.29) is 5.91 Å². The molecule has 0 saturated carbocycles. The molecule has 1 aliphatic rings. The molecule has 1 amide bonds. The number of nitrogens with one attached hydrogen (secondary N) is 1. The second-order valence-corrected chi connectivity index (χ2v) is 6.70. The van der Waals surface area contributed by atoms with Gasteiger partial charge in [0.1, 0.15) is 0 Å². The number of carbonyl (C=O) groups is 1. The lowest BCUT2D eigenvalue weighted by atomic mass is 10.1. The van der Waals surface area contributed by atoms with Crippen molar-refractivity contribution in [3.63, 3.8) is 0 Å². The van der Waals surface area contributed by atoms with E-state index in [2.05, 4.69) is 34.5 Å². The third-order valence-electron chi connectivity index (χ3n) is 4.58. The minimum Gasteiger partial charge on any atom is -0.351 e. The van der Waals surface area contributed by atoms with E-state index in [0.717, 1.165) is 43.9 Å². The normalized spacial score (nSPS) is 17.8. The molecule has 3 rings (SSSR count). The number of aromatic nitrogens is 3. The molecule has 0 aromatic carbocycles. The van der Waals surface area contributed by atoms with Gasteiger partial charge in [-0.1, -0.05) is 13.0 Å². The first-order valence-electron chi connectivity index (χ1n) is 9.11. The van der Waals surface area contributed by atoms with Gasteiger partial charge in [0.2, 0.25) is 5.91 Å². The van der Waals surface area contributed by atoms with Gasteiger partial charge < -0.3 is 5.32 Å². The molecule has 1 saturated heterocycles. The third kappa shape index (κ3) is 4.66. The predicted octanol–water partition coefficient (Wildman–Crippen LogP) is 2.66. The van der Waals surface area contributed by atoms with Crippen molar-refractivity contribution in [2.24, 2.45) is 0 Å². The van der Waals surface area contributed by atoms with Crippen LogP contribution in [0.3, 0.4) is 0 Å². The Morgan fingerprint density at radius 3 is 3.08 bits per heavy atom. The zero-order valence-corrected chi connectivity index (χ0v) is 15.1. The van der Waals surface area contributed by atoms with Crippen LogP contribution in [-0.2, 0) is 24.4 Å². The van der Waals surface area contributed by atoms with Crippen LogP contribution in [0.25, 0.3) is 0 Å². The summed E-state index contributed by atoms with van der Waals surface area (Å²) in [7, 11) is 0. The molecule has 2 aromatic rings. The summed E-state index contributed by atoms with van der Waals surface area (Å²) in [5.74, 6) is -0.0289. The third-order valence-corrected chi connectivity index (χ3v) is 4.58. The van der Waals surface area contributed by atoms with Crippen LogP contribution >= 0.6 is 0 Å². The Balaban J connectivity index is 1.68. The molecule has 1 fully saturated rings. The van der Waals surface area contributed by atoms with Crippen molar-refractivity contribution in [3.05, 3.63) is 47.5 Å². The zero-order chi connectivity index (χ0) is 17.6. The lowest BCUT2D eigenvalue weighted by molar-refractivity contribution is -0.119. The average Bonchev–Trinajstić information content (AvgIpc) is 3.24. The highest BCUT2D eigenvalue weighted by atomic mass is 16.1. The summed E-state index contributed by atoms with van der Waals surface area (Å²) in [5.41, 5.74) is 3.27. The molecule has 2 aromatic heterocycles. The summed E-state index contributed by atoms with van der Waals surface area (Å²) in [5, 5.41) is 7.25. The molecule has 0 spiro atoms. The lowest BCUT2D eigenvalue weighted by Crippen LogP contribution is -2.24. The molecule has 1 atom stereocenters. The fourth-order valence-corrected chi connectivity index (χ4v) is 3.42. The van der Waals surface area contributed by atoms with Gasteiger partial charge in [-0.3, -0.25) is 19.4 Å². The quantitative estimate of drug-likeness (QED) is 0.841. The van der Waals surface area contributed by atoms with Crippen LogP contribution in [0.1, 0.15) is 56.1 Å². The van der Waals surface area contributed by atoms with Crippen LogP contribution in [0.5, 0.6) is 0 Å². The number of hydrogen-bond donors (Lipinski definition) is 1. The van der Waals surface area contributed by atoms with Crippen LogP contribution < -0.4 is 5.32 Å². The molecule has 6 nitrogen and oxygen atoms in total. The largest absolute Gasteiger partial charge is 0.351 e. The predicted molar refractivity (Wildman–Crippen MR) is 96.7 cm³/mol. The van der Waals surface area contributed by atoms with Crippen molar-refractivity contribution < 1.29 is 4.79 Å². The van der Waals surface area contributed by atoms with Crippen LogP contribution in [0.2, 0.25) is 0 Å². The summed E-state index contributed by atoms with van der Waals surface area (Å²) in [6.07, 6.45) is 7.54. The fraction of sp³-hybridized carbons (Fsp3) is 0.526. The molecule has 134 valence electrons. The first kappa shape index (κ1) is 17.6. The number of carbonyl (C=O) groups excluding carboxylic acids is 1. The molecular weight excluding hydrogens is 314 g/mol.